The Labute approximate surface area is 202 Å². The first kappa shape index (κ1) is 26.9. The standard InChI is InChI=1S/C27H37N3O4/c1-18(2)20(4)29-27(33)24(30-25(31)15-10-19(3)26(28)32)16-21-11-13-23(14-12-21)34-17-22-8-6-5-7-9-22/h5-9,11-14,18-20,24H,10,15-17H2,1-4H3,(H2,28,32)(H,29,33)(H,30,31). The summed E-state index contributed by atoms with van der Waals surface area (Å²) in [6.07, 6.45) is 0.804. The summed E-state index contributed by atoms with van der Waals surface area (Å²) in [6, 6.07) is 16.7. The molecule has 0 aliphatic heterocycles. The zero-order valence-corrected chi connectivity index (χ0v) is 20.5. The third-order valence-electron chi connectivity index (χ3n) is 5.92. The van der Waals surface area contributed by atoms with Crippen LogP contribution in [0.1, 0.15) is 51.7 Å². The fourth-order valence-electron chi connectivity index (χ4n) is 3.16. The van der Waals surface area contributed by atoms with E-state index in [0.717, 1.165) is 16.9 Å². The van der Waals surface area contributed by atoms with E-state index in [9.17, 15) is 14.4 Å². The van der Waals surface area contributed by atoms with Gasteiger partial charge < -0.3 is 21.1 Å². The molecule has 0 saturated heterocycles. The van der Waals surface area contributed by atoms with E-state index in [0.29, 0.717) is 19.4 Å². The Morgan fingerprint density at radius 1 is 0.882 bits per heavy atom. The third-order valence-corrected chi connectivity index (χ3v) is 5.92. The predicted molar refractivity (Wildman–Crippen MR) is 133 cm³/mol. The van der Waals surface area contributed by atoms with Crippen molar-refractivity contribution in [3.63, 3.8) is 0 Å². The Morgan fingerprint density at radius 3 is 2.12 bits per heavy atom. The van der Waals surface area contributed by atoms with Crippen molar-refractivity contribution in [2.24, 2.45) is 17.6 Å². The second kappa shape index (κ2) is 13.4. The minimum absolute atomic E-state index is 0.0319. The molecule has 7 heteroatoms. The highest BCUT2D eigenvalue weighted by atomic mass is 16.5. The van der Waals surface area contributed by atoms with Crippen molar-refractivity contribution < 1.29 is 19.1 Å². The van der Waals surface area contributed by atoms with Crippen molar-refractivity contribution >= 4 is 17.7 Å². The van der Waals surface area contributed by atoms with E-state index in [4.69, 9.17) is 10.5 Å². The molecule has 3 unspecified atom stereocenters. The Kier molecular flexibility index (Phi) is 10.6. The van der Waals surface area contributed by atoms with Crippen molar-refractivity contribution in [2.75, 3.05) is 0 Å². The molecule has 184 valence electrons. The molecule has 2 rings (SSSR count). The Morgan fingerprint density at radius 2 is 1.53 bits per heavy atom. The largest absolute Gasteiger partial charge is 0.489 e. The molecule has 0 aliphatic carbocycles. The highest BCUT2D eigenvalue weighted by Gasteiger charge is 2.24. The van der Waals surface area contributed by atoms with Gasteiger partial charge in [-0.1, -0.05) is 63.2 Å². The minimum Gasteiger partial charge on any atom is -0.489 e. The number of carbonyl (C=O) groups excluding carboxylic acids is 3. The van der Waals surface area contributed by atoms with Crippen LogP contribution in [0.15, 0.2) is 54.6 Å². The Hall–Kier alpha value is -3.35. The number of hydrogen-bond acceptors (Lipinski definition) is 4. The van der Waals surface area contributed by atoms with Crippen LogP contribution in [-0.2, 0) is 27.4 Å². The first-order valence-corrected chi connectivity index (χ1v) is 11.8. The quantitative estimate of drug-likeness (QED) is 0.419. The maximum Gasteiger partial charge on any atom is 0.243 e. The van der Waals surface area contributed by atoms with E-state index in [1.807, 2.05) is 75.4 Å². The summed E-state index contributed by atoms with van der Waals surface area (Å²) in [4.78, 5) is 36.7. The molecule has 0 heterocycles. The minimum atomic E-state index is -0.728. The van der Waals surface area contributed by atoms with E-state index in [1.54, 1.807) is 6.92 Å². The van der Waals surface area contributed by atoms with Gasteiger partial charge in [0.15, 0.2) is 0 Å². The lowest BCUT2D eigenvalue weighted by Gasteiger charge is -2.23. The average Bonchev–Trinajstić information content (AvgIpc) is 2.82. The molecule has 2 aromatic carbocycles. The van der Waals surface area contributed by atoms with Crippen LogP contribution in [0.2, 0.25) is 0 Å². The van der Waals surface area contributed by atoms with Crippen molar-refractivity contribution in [1.29, 1.82) is 0 Å². The molecule has 4 N–H and O–H groups in total. The fourth-order valence-corrected chi connectivity index (χ4v) is 3.16. The van der Waals surface area contributed by atoms with Crippen LogP contribution in [0.3, 0.4) is 0 Å². The molecule has 0 radical (unpaired) electrons. The van der Waals surface area contributed by atoms with E-state index in [1.165, 1.54) is 0 Å². The van der Waals surface area contributed by atoms with E-state index in [-0.39, 0.29) is 30.2 Å². The van der Waals surface area contributed by atoms with E-state index in [2.05, 4.69) is 10.6 Å². The highest BCUT2D eigenvalue weighted by Crippen LogP contribution is 2.16. The molecule has 2 aromatic rings. The molecule has 0 bridgehead atoms. The molecular formula is C27H37N3O4. The van der Waals surface area contributed by atoms with E-state index < -0.39 is 17.9 Å². The van der Waals surface area contributed by atoms with Gasteiger partial charge in [-0.25, -0.2) is 0 Å². The first-order chi connectivity index (χ1) is 16.2. The number of amides is 3. The van der Waals surface area contributed by atoms with Gasteiger partial charge in [-0.3, -0.25) is 14.4 Å². The van der Waals surface area contributed by atoms with Crippen LogP contribution in [0.5, 0.6) is 5.75 Å². The number of primary amides is 1. The van der Waals surface area contributed by atoms with Gasteiger partial charge >= 0.3 is 0 Å². The smallest absolute Gasteiger partial charge is 0.243 e. The predicted octanol–water partition coefficient (Wildman–Crippen LogP) is 3.36. The van der Waals surface area contributed by atoms with Gasteiger partial charge in [0.2, 0.25) is 17.7 Å². The molecule has 0 aromatic heterocycles. The number of hydrogen-bond donors (Lipinski definition) is 3. The van der Waals surface area contributed by atoms with Crippen molar-refractivity contribution in [1.82, 2.24) is 10.6 Å². The van der Waals surface area contributed by atoms with Gasteiger partial charge in [0.1, 0.15) is 18.4 Å². The average molecular weight is 468 g/mol. The molecule has 3 amide bonds. The molecule has 0 spiro atoms. The SMILES string of the molecule is CC(CCC(=O)NC(Cc1ccc(OCc2ccccc2)cc1)C(=O)NC(C)C(C)C)C(N)=O. The van der Waals surface area contributed by atoms with Crippen LogP contribution >= 0.6 is 0 Å². The van der Waals surface area contributed by atoms with Crippen LogP contribution < -0.4 is 21.1 Å². The van der Waals surface area contributed by atoms with Crippen molar-refractivity contribution in [3.05, 3.63) is 65.7 Å². The fraction of sp³-hybridized carbons (Fsp3) is 0.444. The van der Waals surface area contributed by atoms with Crippen molar-refractivity contribution in [3.8, 4) is 5.75 Å². The van der Waals surface area contributed by atoms with Crippen LogP contribution in [0.4, 0.5) is 0 Å². The number of rotatable bonds is 13. The lowest BCUT2D eigenvalue weighted by molar-refractivity contribution is -0.130. The highest BCUT2D eigenvalue weighted by molar-refractivity contribution is 5.88. The monoisotopic (exact) mass is 467 g/mol. The number of ether oxygens (including phenoxy) is 1. The summed E-state index contributed by atoms with van der Waals surface area (Å²) >= 11 is 0. The first-order valence-electron chi connectivity index (χ1n) is 11.8. The molecule has 34 heavy (non-hydrogen) atoms. The molecule has 7 nitrogen and oxygen atoms in total. The Bertz CT molecular complexity index is 929. The van der Waals surface area contributed by atoms with Gasteiger partial charge in [0.25, 0.3) is 0 Å². The summed E-state index contributed by atoms with van der Waals surface area (Å²) in [5, 5.41) is 5.82. The van der Waals surface area contributed by atoms with Gasteiger partial charge in [-0.15, -0.1) is 0 Å². The van der Waals surface area contributed by atoms with Gasteiger partial charge in [0, 0.05) is 24.8 Å². The van der Waals surface area contributed by atoms with Crippen LogP contribution in [-0.4, -0.2) is 29.8 Å². The summed E-state index contributed by atoms with van der Waals surface area (Å²) in [7, 11) is 0. The lowest BCUT2D eigenvalue weighted by atomic mass is 10.0. The lowest BCUT2D eigenvalue weighted by Crippen LogP contribution is -2.51. The second-order valence-electron chi connectivity index (χ2n) is 9.13. The third kappa shape index (κ3) is 9.25. The summed E-state index contributed by atoms with van der Waals surface area (Å²) in [5.41, 5.74) is 7.26. The zero-order valence-electron chi connectivity index (χ0n) is 20.5. The summed E-state index contributed by atoms with van der Waals surface area (Å²) in [5.74, 6) is -0.371. The molecule has 0 fully saturated rings. The van der Waals surface area contributed by atoms with E-state index >= 15 is 0 Å². The normalized spacial score (nSPS) is 13.6. The Balaban J connectivity index is 2.02. The van der Waals surface area contributed by atoms with Gasteiger partial charge in [-0.2, -0.15) is 0 Å². The summed E-state index contributed by atoms with van der Waals surface area (Å²) in [6.45, 7) is 8.15. The number of benzene rings is 2. The molecule has 0 saturated carbocycles. The maximum absolute atomic E-state index is 12.9. The number of carbonyl (C=O) groups is 3. The summed E-state index contributed by atoms with van der Waals surface area (Å²) < 4.78 is 5.83. The zero-order chi connectivity index (χ0) is 25.1. The molecule has 3 atom stereocenters. The van der Waals surface area contributed by atoms with Crippen LogP contribution in [0, 0.1) is 11.8 Å². The number of nitrogens with one attached hydrogen (secondary N) is 2. The number of nitrogens with two attached hydrogens (primary N) is 1. The molecule has 0 aliphatic rings. The van der Waals surface area contributed by atoms with Crippen LogP contribution in [0.25, 0.3) is 0 Å². The molecular weight excluding hydrogens is 430 g/mol. The maximum atomic E-state index is 12.9. The van der Waals surface area contributed by atoms with Gasteiger partial charge in [0.05, 0.1) is 0 Å². The van der Waals surface area contributed by atoms with Gasteiger partial charge in [-0.05, 0) is 42.5 Å². The topological polar surface area (TPSA) is 111 Å². The van der Waals surface area contributed by atoms with Crippen molar-refractivity contribution in [2.45, 2.75) is 65.6 Å². The second-order valence-corrected chi connectivity index (χ2v) is 9.13.